The van der Waals surface area contributed by atoms with Crippen LogP contribution in [0.4, 0.5) is 0 Å². The van der Waals surface area contributed by atoms with Crippen LogP contribution >= 0.6 is 0 Å². The normalized spacial score (nSPS) is 12.3. The third-order valence-electron chi connectivity index (χ3n) is 2.91. The Kier molecular flexibility index (Phi) is 5.16. The summed E-state index contributed by atoms with van der Waals surface area (Å²) >= 11 is 0. The maximum Gasteiger partial charge on any atom is 0.159 e. The molecule has 0 unspecified atom stereocenters. The van der Waals surface area contributed by atoms with E-state index in [9.17, 15) is 9.59 Å². The van der Waals surface area contributed by atoms with Crippen LogP contribution < -0.4 is 0 Å². The van der Waals surface area contributed by atoms with Gasteiger partial charge in [0.2, 0.25) is 0 Å². The predicted molar refractivity (Wildman–Crippen MR) is 76.6 cm³/mol. The summed E-state index contributed by atoms with van der Waals surface area (Å²) in [7, 11) is 0. The first-order valence-electron chi connectivity index (χ1n) is 6.46. The molecule has 0 aromatic carbocycles. The maximum atomic E-state index is 11.9. The highest BCUT2D eigenvalue weighted by atomic mass is 16.1. The Labute approximate surface area is 114 Å². The molecule has 0 saturated carbocycles. The van der Waals surface area contributed by atoms with Crippen molar-refractivity contribution in [2.24, 2.45) is 5.41 Å². The Morgan fingerprint density at radius 1 is 1.21 bits per heavy atom. The lowest BCUT2D eigenvalue weighted by molar-refractivity contribution is -0.128. The van der Waals surface area contributed by atoms with Gasteiger partial charge in [-0.2, -0.15) is 0 Å². The zero-order valence-electron chi connectivity index (χ0n) is 12.1. The van der Waals surface area contributed by atoms with E-state index in [1.165, 1.54) is 0 Å². The summed E-state index contributed by atoms with van der Waals surface area (Å²) in [5, 5.41) is 0. The third kappa shape index (κ3) is 5.16. The smallest absolute Gasteiger partial charge is 0.159 e. The SMILES string of the molecule is C/C(=C\c1ccccn1)C(=O)CCC(=O)C(C)(C)C. The van der Waals surface area contributed by atoms with E-state index in [4.69, 9.17) is 0 Å². The predicted octanol–water partition coefficient (Wildman–Crippen LogP) is 3.45. The number of aromatic nitrogens is 1. The maximum absolute atomic E-state index is 11.9. The molecule has 0 fully saturated rings. The second kappa shape index (κ2) is 6.41. The number of carbonyl (C=O) groups excluding carboxylic acids is 2. The molecule has 0 atom stereocenters. The fourth-order valence-corrected chi connectivity index (χ4v) is 1.56. The summed E-state index contributed by atoms with van der Waals surface area (Å²) in [5.41, 5.74) is 1.02. The molecule has 0 aliphatic heterocycles. The Hall–Kier alpha value is -1.77. The molecular weight excluding hydrogens is 238 g/mol. The van der Waals surface area contributed by atoms with E-state index in [0.717, 1.165) is 5.69 Å². The molecule has 19 heavy (non-hydrogen) atoms. The van der Waals surface area contributed by atoms with E-state index >= 15 is 0 Å². The zero-order valence-corrected chi connectivity index (χ0v) is 12.1. The second-order valence-corrected chi connectivity index (χ2v) is 5.68. The van der Waals surface area contributed by atoms with E-state index in [2.05, 4.69) is 4.98 Å². The molecule has 3 heteroatoms. The van der Waals surface area contributed by atoms with Crippen LogP contribution in [0.2, 0.25) is 0 Å². The molecule has 1 heterocycles. The van der Waals surface area contributed by atoms with Crippen molar-refractivity contribution in [3.8, 4) is 0 Å². The van der Waals surface area contributed by atoms with Gasteiger partial charge >= 0.3 is 0 Å². The first kappa shape index (κ1) is 15.3. The highest BCUT2D eigenvalue weighted by Crippen LogP contribution is 2.18. The molecule has 1 aromatic rings. The molecule has 0 amide bonds. The van der Waals surface area contributed by atoms with E-state index in [1.54, 1.807) is 19.2 Å². The van der Waals surface area contributed by atoms with Crippen LogP contribution in [0.15, 0.2) is 30.0 Å². The van der Waals surface area contributed by atoms with Crippen molar-refractivity contribution < 1.29 is 9.59 Å². The Bertz CT molecular complexity index is 481. The first-order valence-corrected chi connectivity index (χ1v) is 6.46. The van der Waals surface area contributed by atoms with Crippen molar-refractivity contribution in [2.45, 2.75) is 40.5 Å². The summed E-state index contributed by atoms with van der Waals surface area (Å²) in [5.74, 6) is 0.120. The van der Waals surface area contributed by atoms with E-state index in [-0.39, 0.29) is 23.4 Å². The second-order valence-electron chi connectivity index (χ2n) is 5.68. The summed E-state index contributed by atoms with van der Waals surface area (Å²) in [6, 6.07) is 5.55. The van der Waals surface area contributed by atoms with Crippen LogP contribution in [0, 0.1) is 5.41 Å². The van der Waals surface area contributed by atoms with Gasteiger partial charge in [-0.25, -0.2) is 0 Å². The van der Waals surface area contributed by atoms with Gasteiger partial charge in [0.1, 0.15) is 5.78 Å². The number of carbonyl (C=O) groups is 2. The van der Waals surface area contributed by atoms with Gasteiger partial charge in [0.25, 0.3) is 0 Å². The Morgan fingerprint density at radius 3 is 2.42 bits per heavy atom. The molecule has 0 spiro atoms. The summed E-state index contributed by atoms with van der Waals surface area (Å²) in [6.45, 7) is 7.38. The summed E-state index contributed by atoms with van der Waals surface area (Å²) in [6.07, 6.45) is 4.01. The zero-order chi connectivity index (χ0) is 14.5. The number of Topliss-reactive ketones (excluding diaryl/α,β-unsaturated/α-hetero) is 2. The minimum atomic E-state index is -0.376. The number of allylic oxidation sites excluding steroid dienone is 1. The number of hydrogen-bond acceptors (Lipinski definition) is 3. The molecule has 3 nitrogen and oxygen atoms in total. The molecule has 1 aromatic heterocycles. The van der Waals surface area contributed by atoms with Gasteiger partial charge in [0.05, 0.1) is 5.69 Å². The fraction of sp³-hybridized carbons (Fsp3) is 0.438. The van der Waals surface area contributed by atoms with Gasteiger partial charge in [0, 0.05) is 24.5 Å². The summed E-state index contributed by atoms with van der Waals surface area (Å²) < 4.78 is 0. The topological polar surface area (TPSA) is 47.0 Å². The van der Waals surface area contributed by atoms with E-state index in [0.29, 0.717) is 12.0 Å². The third-order valence-corrected chi connectivity index (χ3v) is 2.91. The van der Waals surface area contributed by atoms with Crippen LogP contribution in [-0.2, 0) is 9.59 Å². The average molecular weight is 259 g/mol. The van der Waals surface area contributed by atoms with Crippen molar-refractivity contribution in [2.75, 3.05) is 0 Å². The van der Waals surface area contributed by atoms with Gasteiger partial charge in [-0.1, -0.05) is 26.8 Å². The fourth-order valence-electron chi connectivity index (χ4n) is 1.56. The molecule has 0 aliphatic carbocycles. The lowest BCUT2D eigenvalue weighted by Gasteiger charge is -2.15. The van der Waals surface area contributed by atoms with Crippen molar-refractivity contribution in [1.29, 1.82) is 0 Å². The van der Waals surface area contributed by atoms with Gasteiger partial charge in [-0.3, -0.25) is 14.6 Å². The Morgan fingerprint density at radius 2 is 1.89 bits per heavy atom. The van der Waals surface area contributed by atoms with Crippen LogP contribution in [-0.4, -0.2) is 16.6 Å². The standard InChI is InChI=1S/C16H21NO2/c1-12(11-13-7-5-6-10-17-13)14(18)8-9-15(19)16(2,3)4/h5-7,10-11H,8-9H2,1-4H3/b12-11+. The first-order chi connectivity index (χ1) is 8.80. The van der Waals surface area contributed by atoms with Crippen LogP contribution in [0.5, 0.6) is 0 Å². The van der Waals surface area contributed by atoms with E-state index in [1.807, 2.05) is 39.0 Å². The molecule has 0 N–H and O–H groups in total. The molecule has 0 bridgehead atoms. The molecular formula is C16H21NO2. The monoisotopic (exact) mass is 259 g/mol. The Balaban J connectivity index is 2.59. The quantitative estimate of drug-likeness (QED) is 0.761. The van der Waals surface area contributed by atoms with Crippen molar-refractivity contribution >= 4 is 17.6 Å². The molecule has 0 saturated heterocycles. The van der Waals surface area contributed by atoms with Gasteiger partial charge in [-0.05, 0) is 30.7 Å². The van der Waals surface area contributed by atoms with Crippen molar-refractivity contribution in [3.63, 3.8) is 0 Å². The molecule has 0 aliphatic rings. The van der Waals surface area contributed by atoms with Gasteiger partial charge in [-0.15, -0.1) is 0 Å². The van der Waals surface area contributed by atoms with Gasteiger partial charge in [0.15, 0.2) is 5.78 Å². The van der Waals surface area contributed by atoms with E-state index < -0.39 is 0 Å². The minimum Gasteiger partial charge on any atom is -0.299 e. The van der Waals surface area contributed by atoms with Gasteiger partial charge < -0.3 is 0 Å². The highest BCUT2D eigenvalue weighted by Gasteiger charge is 2.21. The number of pyridine rings is 1. The summed E-state index contributed by atoms with van der Waals surface area (Å²) in [4.78, 5) is 27.8. The number of nitrogens with zero attached hydrogens (tertiary/aromatic N) is 1. The number of rotatable bonds is 5. The lowest BCUT2D eigenvalue weighted by atomic mass is 9.87. The van der Waals surface area contributed by atoms with Crippen molar-refractivity contribution in [1.82, 2.24) is 4.98 Å². The van der Waals surface area contributed by atoms with Crippen LogP contribution in [0.1, 0.15) is 46.2 Å². The largest absolute Gasteiger partial charge is 0.299 e. The van der Waals surface area contributed by atoms with Crippen LogP contribution in [0.3, 0.4) is 0 Å². The average Bonchev–Trinajstić information content (AvgIpc) is 2.35. The van der Waals surface area contributed by atoms with Crippen LogP contribution in [0.25, 0.3) is 6.08 Å². The minimum absolute atomic E-state index is 0.00301. The number of ketones is 2. The lowest BCUT2D eigenvalue weighted by Crippen LogP contribution is -2.20. The highest BCUT2D eigenvalue weighted by molar-refractivity contribution is 6.00. The van der Waals surface area contributed by atoms with Crippen molar-refractivity contribution in [3.05, 3.63) is 35.7 Å². The molecule has 1 rings (SSSR count). The molecule has 0 radical (unpaired) electrons. The molecule has 102 valence electrons. The number of hydrogen-bond donors (Lipinski definition) is 0.